The number of carbonyl (C=O) groups excluding carboxylic acids is 2. The average molecular weight is 443 g/mol. The van der Waals surface area contributed by atoms with Crippen LogP contribution < -0.4 is 15.4 Å². The van der Waals surface area contributed by atoms with Gasteiger partial charge in [-0.2, -0.15) is 0 Å². The van der Waals surface area contributed by atoms with Crippen molar-refractivity contribution in [2.24, 2.45) is 0 Å². The number of nitrogens with zero attached hydrogens (tertiary/aromatic N) is 2. The smallest absolute Gasteiger partial charge is 0.226 e. The van der Waals surface area contributed by atoms with Gasteiger partial charge in [-0.05, 0) is 36.8 Å². The standard InChI is InChI=1S/C26H26N4O3/c1-18-9-11-20(12-10-18)24(27-19(2)31)15-26(32)29-21-6-5-7-23(14-21)33-17-22-16-30-13-4-3-8-25(30)28-22/h3-14,16,24H,15,17H2,1-2H3,(H,27,31)(H,29,32). The van der Waals surface area contributed by atoms with E-state index < -0.39 is 6.04 Å². The first kappa shape index (κ1) is 22.1. The van der Waals surface area contributed by atoms with Crippen molar-refractivity contribution >= 4 is 23.1 Å². The summed E-state index contributed by atoms with van der Waals surface area (Å²) < 4.78 is 7.81. The zero-order valence-corrected chi connectivity index (χ0v) is 18.6. The van der Waals surface area contributed by atoms with E-state index in [1.807, 2.05) is 78.3 Å². The number of aromatic nitrogens is 2. The SMILES string of the molecule is CC(=O)NC(CC(=O)Nc1cccc(OCc2cn3ccccc3n2)c1)c1ccc(C)cc1. The van der Waals surface area contributed by atoms with Gasteiger partial charge in [-0.1, -0.05) is 42.0 Å². The second-order valence-corrected chi connectivity index (χ2v) is 7.93. The van der Waals surface area contributed by atoms with Crippen molar-refractivity contribution in [1.29, 1.82) is 0 Å². The molecule has 1 unspecified atom stereocenters. The maximum Gasteiger partial charge on any atom is 0.226 e. The highest BCUT2D eigenvalue weighted by molar-refractivity contribution is 5.91. The molecule has 1 atom stereocenters. The molecule has 7 heteroatoms. The van der Waals surface area contributed by atoms with Crippen molar-refractivity contribution in [2.45, 2.75) is 32.9 Å². The van der Waals surface area contributed by atoms with Gasteiger partial charge in [0.25, 0.3) is 0 Å². The minimum atomic E-state index is -0.405. The van der Waals surface area contributed by atoms with E-state index in [4.69, 9.17) is 4.74 Å². The summed E-state index contributed by atoms with van der Waals surface area (Å²) in [5.74, 6) is 0.240. The van der Waals surface area contributed by atoms with E-state index in [0.29, 0.717) is 18.0 Å². The molecule has 168 valence electrons. The number of amides is 2. The number of rotatable bonds is 8. The average Bonchev–Trinajstić information content (AvgIpc) is 3.21. The number of pyridine rings is 1. The molecular weight excluding hydrogens is 416 g/mol. The lowest BCUT2D eigenvalue weighted by Crippen LogP contribution is -2.29. The molecule has 33 heavy (non-hydrogen) atoms. The normalized spacial score (nSPS) is 11.7. The Morgan fingerprint density at radius 2 is 1.88 bits per heavy atom. The number of anilines is 1. The molecule has 2 N–H and O–H groups in total. The highest BCUT2D eigenvalue weighted by Crippen LogP contribution is 2.22. The van der Waals surface area contributed by atoms with Crippen LogP contribution in [-0.4, -0.2) is 21.2 Å². The highest BCUT2D eigenvalue weighted by Gasteiger charge is 2.17. The van der Waals surface area contributed by atoms with E-state index in [-0.39, 0.29) is 18.2 Å². The van der Waals surface area contributed by atoms with Gasteiger partial charge in [0.1, 0.15) is 18.0 Å². The van der Waals surface area contributed by atoms with E-state index in [1.54, 1.807) is 12.1 Å². The van der Waals surface area contributed by atoms with Crippen LogP contribution in [0.4, 0.5) is 5.69 Å². The first-order valence-electron chi connectivity index (χ1n) is 10.8. The van der Waals surface area contributed by atoms with Crippen LogP contribution in [0.2, 0.25) is 0 Å². The third-order valence-corrected chi connectivity index (χ3v) is 5.17. The molecule has 0 aliphatic rings. The van der Waals surface area contributed by atoms with Gasteiger partial charge in [-0.25, -0.2) is 4.98 Å². The summed E-state index contributed by atoms with van der Waals surface area (Å²) in [5.41, 5.74) is 4.30. The lowest BCUT2D eigenvalue weighted by molar-refractivity contribution is -0.120. The molecule has 2 amide bonds. The number of ether oxygens (including phenoxy) is 1. The minimum Gasteiger partial charge on any atom is -0.487 e. The number of imidazole rings is 1. The summed E-state index contributed by atoms with van der Waals surface area (Å²) >= 11 is 0. The maximum atomic E-state index is 12.7. The summed E-state index contributed by atoms with van der Waals surface area (Å²) in [5, 5.41) is 5.76. The lowest BCUT2D eigenvalue weighted by atomic mass is 10.0. The summed E-state index contributed by atoms with van der Waals surface area (Å²) in [6.45, 7) is 3.76. The number of hydrogen-bond donors (Lipinski definition) is 2. The molecule has 2 aromatic heterocycles. The van der Waals surface area contributed by atoms with Gasteiger partial charge in [-0.3, -0.25) is 9.59 Å². The molecule has 0 saturated carbocycles. The second-order valence-electron chi connectivity index (χ2n) is 7.93. The summed E-state index contributed by atoms with van der Waals surface area (Å²) in [7, 11) is 0. The molecule has 0 saturated heterocycles. The fourth-order valence-corrected chi connectivity index (χ4v) is 3.57. The van der Waals surface area contributed by atoms with Crippen LogP contribution in [0.15, 0.2) is 79.1 Å². The van der Waals surface area contributed by atoms with E-state index in [0.717, 1.165) is 22.5 Å². The quantitative estimate of drug-likeness (QED) is 0.423. The van der Waals surface area contributed by atoms with Gasteiger partial charge in [-0.15, -0.1) is 0 Å². The summed E-state index contributed by atoms with van der Waals surface area (Å²) in [6.07, 6.45) is 3.98. The van der Waals surface area contributed by atoms with E-state index in [1.165, 1.54) is 6.92 Å². The van der Waals surface area contributed by atoms with Gasteiger partial charge in [0.2, 0.25) is 11.8 Å². The Morgan fingerprint density at radius 3 is 2.64 bits per heavy atom. The zero-order valence-electron chi connectivity index (χ0n) is 18.6. The summed E-state index contributed by atoms with van der Waals surface area (Å²) in [6, 6.07) is 20.4. The first-order valence-corrected chi connectivity index (χ1v) is 10.8. The van der Waals surface area contributed by atoms with Gasteiger partial charge in [0, 0.05) is 31.1 Å². The topological polar surface area (TPSA) is 84.7 Å². The predicted octanol–water partition coefficient (Wildman–Crippen LogP) is 4.43. The van der Waals surface area contributed by atoms with Crippen LogP contribution in [0.5, 0.6) is 5.75 Å². The van der Waals surface area contributed by atoms with E-state index >= 15 is 0 Å². The number of fused-ring (bicyclic) bond motifs is 1. The Balaban J connectivity index is 1.38. The second kappa shape index (κ2) is 9.99. The number of aryl methyl sites for hydroxylation is 1. The molecule has 4 rings (SSSR count). The Kier molecular flexibility index (Phi) is 6.69. The Labute approximate surface area is 192 Å². The number of carbonyl (C=O) groups is 2. The van der Waals surface area contributed by atoms with Crippen molar-refractivity contribution in [3.63, 3.8) is 0 Å². The fourth-order valence-electron chi connectivity index (χ4n) is 3.57. The Bertz CT molecular complexity index is 1230. The largest absolute Gasteiger partial charge is 0.487 e. The van der Waals surface area contributed by atoms with Crippen molar-refractivity contribution in [3.8, 4) is 5.75 Å². The number of benzene rings is 2. The van der Waals surface area contributed by atoms with Crippen LogP contribution in [-0.2, 0) is 16.2 Å². The maximum absolute atomic E-state index is 12.7. The molecular formula is C26H26N4O3. The van der Waals surface area contributed by atoms with Crippen molar-refractivity contribution in [2.75, 3.05) is 5.32 Å². The van der Waals surface area contributed by atoms with Crippen LogP contribution in [0.1, 0.15) is 36.2 Å². The molecule has 0 fully saturated rings. The summed E-state index contributed by atoms with van der Waals surface area (Å²) in [4.78, 5) is 28.9. The third-order valence-electron chi connectivity index (χ3n) is 5.17. The molecule has 0 aliphatic heterocycles. The molecule has 0 aliphatic carbocycles. The molecule has 0 spiro atoms. The monoisotopic (exact) mass is 442 g/mol. The van der Waals surface area contributed by atoms with Crippen LogP contribution in [0, 0.1) is 6.92 Å². The Hall–Kier alpha value is -4.13. The predicted molar refractivity (Wildman–Crippen MR) is 127 cm³/mol. The fraction of sp³-hybridized carbons (Fsp3) is 0.192. The van der Waals surface area contributed by atoms with Crippen molar-refractivity contribution < 1.29 is 14.3 Å². The molecule has 0 radical (unpaired) electrons. The molecule has 0 bridgehead atoms. The third kappa shape index (κ3) is 5.98. The van der Waals surface area contributed by atoms with Gasteiger partial charge < -0.3 is 19.8 Å². The highest BCUT2D eigenvalue weighted by atomic mass is 16.5. The van der Waals surface area contributed by atoms with Gasteiger partial charge in [0.15, 0.2) is 0 Å². The van der Waals surface area contributed by atoms with Crippen LogP contribution in [0.25, 0.3) is 5.65 Å². The van der Waals surface area contributed by atoms with E-state index in [9.17, 15) is 9.59 Å². The van der Waals surface area contributed by atoms with Gasteiger partial charge in [0.05, 0.1) is 18.2 Å². The molecule has 2 heterocycles. The number of hydrogen-bond acceptors (Lipinski definition) is 4. The van der Waals surface area contributed by atoms with E-state index in [2.05, 4.69) is 15.6 Å². The van der Waals surface area contributed by atoms with Gasteiger partial charge >= 0.3 is 0 Å². The first-order chi connectivity index (χ1) is 16.0. The lowest BCUT2D eigenvalue weighted by Gasteiger charge is -2.18. The number of nitrogens with one attached hydrogen (secondary N) is 2. The van der Waals surface area contributed by atoms with Crippen LogP contribution in [0.3, 0.4) is 0 Å². The minimum absolute atomic E-state index is 0.120. The van der Waals surface area contributed by atoms with Crippen molar-refractivity contribution in [3.05, 3.63) is 95.9 Å². The van der Waals surface area contributed by atoms with Crippen LogP contribution >= 0.6 is 0 Å². The van der Waals surface area contributed by atoms with Crippen molar-refractivity contribution in [1.82, 2.24) is 14.7 Å². The molecule has 2 aromatic carbocycles. The zero-order chi connectivity index (χ0) is 23.2. The Morgan fingerprint density at radius 1 is 1.06 bits per heavy atom. The molecule has 4 aromatic rings. The molecule has 7 nitrogen and oxygen atoms in total.